The van der Waals surface area contributed by atoms with Gasteiger partial charge in [-0.25, -0.2) is 0 Å². The van der Waals surface area contributed by atoms with E-state index in [1.165, 1.54) is 0 Å². The highest BCUT2D eigenvalue weighted by Crippen LogP contribution is 2.53. The third-order valence-electron chi connectivity index (χ3n) is 3.85. The molecular weight excluding hydrogens is 204 g/mol. The number of ether oxygens (including phenoxy) is 2. The zero-order valence-corrected chi connectivity index (χ0v) is 10.7. The van der Waals surface area contributed by atoms with Crippen molar-refractivity contribution in [2.75, 3.05) is 6.61 Å². The van der Waals surface area contributed by atoms with Crippen LogP contribution in [0.1, 0.15) is 47.0 Å². The van der Waals surface area contributed by atoms with Crippen molar-refractivity contribution < 1.29 is 14.3 Å². The van der Waals surface area contributed by atoms with Gasteiger partial charge in [0.15, 0.2) is 0 Å². The molecule has 1 saturated heterocycles. The molecule has 2 fully saturated rings. The molecule has 1 aliphatic heterocycles. The fourth-order valence-corrected chi connectivity index (χ4v) is 3.62. The molecule has 0 radical (unpaired) electrons. The van der Waals surface area contributed by atoms with Gasteiger partial charge >= 0.3 is 5.97 Å². The van der Waals surface area contributed by atoms with Gasteiger partial charge in [0.1, 0.15) is 6.10 Å². The van der Waals surface area contributed by atoms with E-state index in [0.29, 0.717) is 13.0 Å². The minimum absolute atomic E-state index is 0.0291. The van der Waals surface area contributed by atoms with Crippen LogP contribution in [-0.2, 0) is 14.3 Å². The van der Waals surface area contributed by atoms with Gasteiger partial charge in [-0.1, -0.05) is 20.8 Å². The first kappa shape index (κ1) is 11.9. The quantitative estimate of drug-likeness (QED) is 0.679. The van der Waals surface area contributed by atoms with Crippen LogP contribution in [0.5, 0.6) is 0 Å². The lowest BCUT2D eigenvalue weighted by Gasteiger charge is -2.46. The summed E-state index contributed by atoms with van der Waals surface area (Å²) < 4.78 is 11.2. The number of esters is 1. The first-order chi connectivity index (χ1) is 7.36. The molecule has 0 aromatic rings. The van der Waals surface area contributed by atoms with E-state index >= 15 is 0 Å². The van der Waals surface area contributed by atoms with Crippen LogP contribution in [-0.4, -0.2) is 24.8 Å². The summed E-state index contributed by atoms with van der Waals surface area (Å²) in [6, 6.07) is 0. The molecule has 0 aromatic carbocycles. The van der Waals surface area contributed by atoms with Crippen molar-refractivity contribution in [1.29, 1.82) is 0 Å². The number of carbonyl (C=O) groups is 1. The molecule has 0 spiro atoms. The molecule has 16 heavy (non-hydrogen) atoms. The average molecular weight is 226 g/mol. The van der Waals surface area contributed by atoms with Gasteiger partial charge in [0.25, 0.3) is 0 Å². The zero-order chi connectivity index (χ0) is 12.0. The lowest BCUT2D eigenvalue weighted by Crippen LogP contribution is -2.49. The Kier molecular flexibility index (Phi) is 2.77. The van der Waals surface area contributed by atoms with Gasteiger partial charge in [-0.15, -0.1) is 0 Å². The van der Waals surface area contributed by atoms with Crippen LogP contribution in [0.3, 0.4) is 0 Å². The minimum Gasteiger partial charge on any atom is -0.459 e. The Hall–Kier alpha value is -0.570. The van der Waals surface area contributed by atoms with Crippen molar-refractivity contribution in [3.8, 4) is 0 Å². The van der Waals surface area contributed by atoms with Crippen LogP contribution in [0.4, 0.5) is 0 Å². The normalized spacial score (nSPS) is 41.6. The van der Waals surface area contributed by atoms with Gasteiger partial charge in [-0.2, -0.15) is 0 Å². The SMILES string of the molecule is CCO[C@@H]1CC(C)(C)C[C@@]2(C)CC(=O)O[C@@H]12. The predicted octanol–water partition coefficient (Wildman–Crippen LogP) is 2.53. The highest BCUT2D eigenvalue weighted by molar-refractivity contribution is 5.73. The topological polar surface area (TPSA) is 35.5 Å². The lowest BCUT2D eigenvalue weighted by molar-refractivity contribution is -0.158. The zero-order valence-electron chi connectivity index (χ0n) is 10.7. The maximum absolute atomic E-state index is 11.5. The average Bonchev–Trinajstić information content (AvgIpc) is 2.38. The lowest BCUT2D eigenvalue weighted by atomic mass is 9.61. The van der Waals surface area contributed by atoms with E-state index in [2.05, 4.69) is 20.8 Å². The van der Waals surface area contributed by atoms with Gasteiger partial charge in [0, 0.05) is 12.0 Å². The Balaban J connectivity index is 2.24. The first-order valence-corrected chi connectivity index (χ1v) is 6.17. The number of carbonyl (C=O) groups excluding carboxylic acids is 1. The number of rotatable bonds is 2. The summed E-state index contributed by atoms with van der Waals surface area (Å²) in [4.78, 5) is 11.5. The van der Waals surface area contributed by atoms with Gasteiger partial charge in [-0.05, 0) is 25.2 Å². The van der Waals surface area contributed by atoms with E-state index in [9.17, 15) is 4.79 Å². The van der Waals surface area contributed by atoms with Crippen molar-refractivity contribution >= 4 is 5.97 Å². The summed E-state index contributed by atoms with van der Waals surface area (Å²) >= 11 is 0. The number of hydrogen-bond acceptors (Lipinski definition) is 3. The third-order valence-corrected chi connectivity index (χ3v) is 3.85. The molecule has 1 saturated carbocycles. The van der Waals surface area contributed by atoms with Crippen LogP contribution in [0.2, 0.25) is 0 Å². The molecular formula is C13H22O3. The summed E-state index contributed by atoms with van der Waals surface area (Å²) in [5, 5.41) is 0. The predicted molar refractivity (Wildman–Crippen MR) is 61.0 cm³/mol. The van der Waals surface area contributed by atoms with Crippen LogP contribution in [0.15, 0.2) is 0 Å². The number of hydrogen-bond donors (Lipinski definition) is 0. The molecule has 1 heterocycles. The summed E-state index contributed by atoms with van der Waals surface area (Å²) in [7, 11) is 0. The molecule has 0 aromatic heterocycles. The van der Waals surface area contributed by atoms with Gasteiger partial charge in [0.2, 0.25) is 0 Å². The van der Waals surface area contributed by atoms with Gasteiger partial charge in [0.05, 0.1) is 12.5 Å². The van der Waals surface area contributed by atoms with Crippen LogP contribution >= 0.6 is 0 Å². The molecule has 2 rings (SSSR count). The van der Waals surface area contributed by atoms with Crippen LogP contribution in [0, 0.1) is 10.8 Å². The summed E-state index contributed by atoms with van der Waals surface area (Å²) in [5.74, 6) is -0.0603. The second-order valence-corrected chi connectivity index (χ2v) is 6.28. The van der Waals surface area contributed by atoms with Crippen molar-refractivity contribution in [3.63, 3.8) is 0 Å². The highest BCUT2D eigenvalue weighted by atomic mass is 16.6. The van der Waals surface area contributed by atoms with E-state index in [0.717, 1.165) is 12.8 Å². The summed E-state index contributed by atoms with van der Waals surface area (Å²) in [6.07, 6.45) is 2.61. The Morgan fingerprint density at radius 2 is 2.12 bits per heavy atom. The third kappa shape index (κ3) is 1.97. The van der Waals surface area contributed by atoms with E-state index in [-0.39, 0.29) is 29.0 Å². The molecule has 0 amide bonds. The second kappa shape index (κ2) is 3.73. The molecule has 1 aliphatic carbocycles. The Labute approximate surface area is 97.5 Å². The van der Waals surface area contributed by atoms with E-state index in [4.69, 9.17) is 9.47 Å². The Bertz CT molecular complexity index is 298. The van der Waals surface area contributed by atoms with Gasteiger partial charge in [-0.3, -0.25) is 4.79 Å². The molecule has 92 valence electrons. The van der Waals surface area contributed by atoms with Crippen molar-refractivity contribution in [2.24, 2.45) is 10.8 Å². The Morgan fingerprint density at radius 3 is 2.75 bits per heavy atom. The van der Waals surface area contributed by atoms with Crippen LogP contribution < -0.4 is 0 Å². The van der Waals surface area contributed by atoms with E-state index in [1.54, 1.807) is 0 Å². The standard InChI is InChI=1S/C13H22O3/c1-5-15-9-6-12(2,3)8-13(4)7-10(14)16-11(9)13/h9,11H,5-8H2,1-4H3/t9-,11+,13-/m1/s1. The summed E-state index contributed by atoms with van der Waals surface area (Å²) in [5.41, 5.74) is 0.206. The van der Waals surface area contributed by atoms with Crippen molar-refractivity contribution in [1.82, 2.24) is 0 Å². The Morgan fingerprint density at radius 1 is 1.44 bits per heavy atom. The van der Waals surface area contributed by atoms with Crippen molar-refractivity contribution in [2.45, 2.75) is 59.2 Å². The fourth-order valence-electron chi connectivity index (χ4n) is 3.62. The van der Waals surface area contributed by atoms with E-state index < -0.39 is 0 Å². The monoisotopic (exact) mass is 226 g/mol. The fraction of sp³-hybridized carbons (Fsp3) is 0.923. The molecule has 0 N–H and O–H groups in total. The minimum atomic E-state index is -0.0603. The smallest absolute Gasteiger partial charge is 0.306 e. The van der Waals surface area contributed by atoms with Gasteiger partial charge < -0.3 is 9.47 Å². The molecule has 2 aliphatic rings. The molecule has 0 unspecified atom stereocenters. The molecule has 3 nitrogen and oxygen atoms in total. The van der Waals surface area contributed by atoms with Crippen molar-refractivity contribution in [3.05, 3.63) is 0 Å². The first-order valence-electron chi connectivity index (χ1n) is 6.17. The highest BCUT2D eigenvalue weighted by Gasteiger charge is 2.56. The molecule has 3 atom stereocenters. The second-order valence-electron chi connectivity index (χ2n) is 6.28. The summed E-state index contributed by atoms with van der Waals surface area (Å²) in [6.45, 7) is 9.35. The number of fused-ring (bicyclic) bond motifs is 1. The van der Waals surface area contributed by atoms with E-state index in [1.807, 2.05) is 6.92 Å². The maximum atomic E-state index is 11.5. The maximum Gasteiger partial charge on any atom is 0.306 e. The largest absolute Gasteiger partial charge is 0.459 e. The molecule has 0 bridgehead atoms. The van der Waals surface area contributed by atoms with Crippen LogP contribution in [0.25, 0.3) is 0 Å². The molecule has 3 heteroatoms.